The molecule has 2 unspecified atom stereocenters. The first-order valence-electron chi connectivity index (χ1n) is 21.1. The number of primary sulfonamides is 1. The summed E-state index contributed by atoms with van der Waals surface area (Å²) in [5, 5.41) is 16.0. The number of amides is 2. The zero-order valence-corrected chi connectivity index (χ0v) is 35.1. The van der Waals surface area contributed by atoms with E-state index in [1.807, 2.05) is 6.26 Å². The predicted molar refractivity (Wildman–Crippen MR) is 221 cm³/mol. The van der Waals surface area contributed by atoms with Crippen LogP contribution in [-0.2, 0) is 71.4 Å². The van der Waals surface area contributed by atoms with Gasteiger partial charge in [0.15, 0.2) is 0 Å². The van der Waals surface area contributed by atoms with Crippen LogP contribution in [0.25, 0.3) is 0 Å². The monoisotopic (exact) mass is 810 g/mol. The van der Waals surface area contributed by atoms with Gasteiger partial charge in [0.05, 0.1) is 10.5 Å². The maximum absolute atomic E-state index is 12.8. The molecule has 2 amide bonds. The van der Waals surface area contributed by atoms with Gasteiger partial charge >= 0.3 is 6.03 Å². The molecule has 0 radical (unpaired) electrons. The Kier molecular flexibility index (Phi) is 14.4. The largest absolute Gasteiger partial charge is 0.387 e. The first-order valence-corrected chi connectivity index (χ1v) is 24.2. The number of urea groups is 1. The van der Waals surface area contributed by atoms with Gasteiger partial charge in [-0.05, 0) is 199 Å². The van der Waals surface area contributed by atoms with Gasteiger partial charge in [0.1, 0.15) is 5.75 Å². The average Bonchev–Trinajstić information content (AvgIpc) is 3.96. The molecule has 6 aliphatic rings. The smallest absolute Gasteiger partial charge is 0.332 e. The second-order valence-electron chi connectivity index (χ2n) is 16.3. The number of nitrogens with zero attached hydrogens (tertiary/aromatic N) is 3. The lowest BCUT2D eigenvalue weighted by Crippen LogP contribution is -2.41. The lowest BCUT2D eigenvalue weighted by Gasteiger charge is -2.19. The Morgan fingerprint density at radius 2 is 1.14 bits per heavy atom. The summed E-state index contributed by atoms with van der Waals surface area (Å²) in [5.41, 5.74) is 11.4. The van der Waals surface area contributed by atoms with Crippen molar-refractivity contribution in [3.63, 3.8) is 0 Å². The van der Waals surface area contributed by atoms with Crippen molar-refractivity contribution in [3.05, 3.63) is 56.6 Å². The SMILES string of the molecule is CCN1CCCC(S(=O)(=O)NC(=O)Nc2c3c(cc4c2CCC4)CCC3)CC1.CCN1CCCC(S(N)(=O)=O)CC1.N#COc1c2c(cc3c1CCC3)CCC2. The van der Waals surface area contributed by atoms with Crippen LogP contribution in [0.3, 0.4) is 0 Å². The number of nitriles is 1. The number of carbonyl (C=O) groups is 1. The Balaban J connectivity index is 0.000000159. The molecule has 14 heteroatoms. The van der Waals surface area contributed by atoms with Crippen LogP contribution in [0.4, 0.5) is 10.5 Å². The second kappa shape index (κ2) is 19.0. The number of hydrogen-bond donors (Lipinski definition) is 3. The molecule has 2 aromatic carbocycles. The van der Waals surface area contributed by atoms with Crippen molar-refractivity contribution in [1.82, 2.24) is 14.5 Å². The summed E-state index contributed by atoms with van der Waals surface area (Å²) in [7, 11) is -6.98. The lowest BCUT2D eigenvalue weighted by atomic mass is 9.99. The number of likely N-dealkylation sites (tertiary alicyclic amines) is 2. The maximum atomic E-state index is 12.8. The van der Waals surface area contributed by atoms with Crippen molar-refractivity contribution in [3.8, 4) is 12.0 Å². The van der Waals surface area contributed by atoms with Crippen LogP contribution in [0.5, 0.6) is 5.75 Å². The number of anilines is 1. The maximum Gasteiger partial charge on any atom is 0.332 e. The number of nitrogens with two attached hydrogens (primary N) is 1. The van der Waals surface area contributed by atoms with E-state index in [-0.39, 0.29) is 5.25 Å². The van der Waals surface area contributed by atoms with E-state index >= 15 is 0 Å². The summed E-state index contributed by atoms with van der Waals surface area (Å²) in [6.07, 6.45) is 19.3. The molecular formula is C42H62N6O6S2. The third-order valence-corrected chi connectivity index (χ3v) is 16.1. The summed E-state index contributed by atoms with van der Waals surface area (Å²) in [6.45, 7) is 9.68. The highest BCUT2D eigenvalue weighted by molar-refractivity contribution is 7.90. The van der Waals surface area contributed by atoms with Gasteiger partial charge in [0.2, 0.25) is 20.0 Å². The van der Waals surface area contributed by atoms with Gasteiger partial charge in [-0.1, -0.05) is 26.0 Å². The number of sulfonamides is 2. The van der Waals surface area contributed by atoms with Crippen LogP contribution in [-0.4, -0.2) is 82.4 Å². The van der Waals surface area contributed by atoms with E-state index in [4.69, 9.17) is 15.1 Å². The predicted octanol–water partition coefficient (Wildman–Crippen LogP) is 5.66. The molecule has 8 rings (SSSR count). The van der Waals surface area contributed by atoms with Crippen LogP contribution in [0.1, 0.15) is 123 Å². The second-order valence-corrected chi connectivity index (χ2v) is 20.1. The minimum Gasteiger partial charge on any atom is -0.387 e. The quantitative estimate of drug-likeness (QED) is 0.298. The normalized spacial score (nSPS) is 22.0. The molecule has 2 fully saturated rings. The Hall–Kier alpha value is -3.22. The molecule has 56 heavy (non-hydrogen) atoms. The fourth-order valence-corrected chi connectivity index (χ4v) is 12.1. The number of ether oxygens (including phenoxy) is 1. The van der Waals surface area contributed by atoms with Gasteiger partial charge in [0.25, 0.3) is 6.26 Å². The lowest BCUT2D eigenvalue weighted by molar-refractivity contribution is 0.256. The standard InChI is InChI=1S/C21H31N3O3S.C13H13NO.C8H18N2O2S/c1-2-24-12-5-8-17(11-13-24)28(26,27)23-21(25)22-20-18-9-3-6-15(18)14-16-7-4-10-19(16)20;14-8-15-13-11-5-1-3-9(11)7-10-4-2-6-12(10)13;1-2-10-6-3-4-8(5-7-10)13(9,11)12/h14,17H,2-13H2,1H3,(H2,22,23,25);7H,1-6H2;8H,2-7H2,1H3,(H2,9,11,12). The van der Waals surface area contributed by atoms with E-state index in [0.29, 0.717) is 19.3 Å². The molecule has 2 saturated heterocycles. The fourth-order valence-electron chi connectivity index (χ4n) is 9.77. The molecule has 0 aromatic heterocycles. The van der Waals surface area contributed by atoms with Crippen molar-refractivity contribution in [2.45, 2.75) is 140 Å². The number of benzene rings is 2. The molecule has 12 nitrogen and oxygen atoms in total. The van der Waals surface area contributed by atoms with Crippen LogP contribution >= 0.6 is 0 Å². The Bertz CT molecular complexity index is 1930. The molecule has 0 spiro atoms. The van der Waals surface area contributed by atoms with Crippen LogP contribution in [0.15, 0.2) is 12.1 Å². The van der Waals surface area contributed by atoms with Crippen LogP contribution in [0.2, 0.25) is 0 Å². The Morgan fingerprint density at radius 3 is 1.61 bits per heavy atom. The van der Waals surface area contributed by atoms with Gasteiger partial charge in [0, 0.05) is 5.69 Å². The summed E-state index contributed by atoms with van der Waals surface area (Å²) in [4.78, 5) is 17.2. The fraction of sp³-hybridized carbons (Fsp3) is 0.667. The molecule has 308 valence electrons. The van der Waals surface area contributed by atoms with Crippen molar-refractivity contribution < 1.29 is 26.4 Å². The van der Waals surface area contributed by atoms with Gasteiger partial charge in [-0.3, -0.25) is 0 Å². The highest BCUT2D eigenvalue weighted by Crippen LogP contribution is 2.40. The number of carbonyl (C=O) groups excluding carboxylic acids is 1. The van der Waals surface area contributed by atoms with Gasteiger partial charge in [-0.15, -0.1) is 5.26 Å². The molecule has 2 heterocycles. The first-order chi connectivity index (χ1) is 26.9. The Morgan fingerprint density at radius 1 is 0.696 bits per heavy atom. The van der Waals surface area contributed by atoms with Crippen molar-refractivity contribution in [1.29, 1.82) is 5.26 Å². The summed E-state index contributed by atoms with van der Waals surface area (Å²) < 4.78 is 55.3. The highest BCUT2D eigenvalue weighted by atomic mass is 32.2. The molecule has 2 aliphatic heterocycles. The van der Waals surface area contributed by atoms with E-state index in [0.717, 1.165) is 134 Å². The molecule has 0 bridgehead atoms. The topological polar surface area (TPSA) is 175 Å². The molecule has 4 aliphatic carbocycles. The van der Waals surface area contributed by atoms with Gasteiger partial charge < -0.3 is 19.9 Å². The number of rotatable bonds is 7. The van der Waals surface area contributed by atoms with Crippen molar-refractivity contribution in [2.24, 2.45) is 5.14 Å². The molecule has 0 saturated carbocycles. The van der Waals surface area contributed by atoms with E-state index in [1.54, 1.807) is 0 Å². The van der Waals surface area contributed by atoms with Crippen molar-refractivity contribution >= 4 is 31.8 Å². The van der Waals surface area contributed by atoms with E-state index < -0.39 is 31.3 Å². The zero-order valence-electron chi connectivity index (χ0n) is 33.5. The number of aryl methyl sites for hydroxylation is 4. The van der Waals surface area contributed by atoms with E-state index in [1.165, 1.54) is 57.3 Å². The average molecular weight is 811 g/mol. The van der Waals surface area contributed by atoms with Gasteiger partial charge in [-0.2, -0.15) is 0 Å². The zero-order chi connectivity index (χ0) is 39.9. The van der Waals surface area contributed by atoms with Crippen molar-refractivity contribution in [2.75, 3.05) is 44.6 Å². The number of hydrogen-bond acceptors (Lipinski definition) is 9. The highest BCUT2D eigenvalue weighted by Gasteiger charge is 2.31. The van der Waals surface area contributed by atoms with E-state index in [2.05, 4.69) is 45.8 Å². The summed E-state index contributed by atoms with van der Waals surface area (Å²) in [6, 6.07) is 4.04. The number of fused-ring (bicyclic) bond motifs is 4. The third-order valence-electron chi connectivity index (χ3n) is 12.8. The Labute approximate surface area is 335 Å². The van der Waals surface area contributed by atoms with Crippen LogP contribution < -0.4 is 19.9 Å². The van der Waals surface area contributed by atoms with E-state index in [9.17, 15) is 21.6 Å². The molecule has 2 aromatic rings. The minimum atomic E-state index is -3.67. The first kappa shape index (κ1) is 42.4. The summed E-state index contributed by atoms with van der Waals surface area (Å²) in [5.74, 6) is 0.903. The number of nitrogens with one attached hydrogen (secondary N) is 2. The molecule has 2 atom stereocenters. The van der Waals surface area contributed by atoms with Gasteiger partial charge in [-0.25, -0.2) is 31.5 Å². The summed E-state index contributed by atoms with van der Waals surface area (Å²) >= 11 is 0. The minimum absolute atomic E-state index is 0.316. The molecular weight excluding hydrogens is 749 g/mol. The van der Waals surface area contributed by atoms with Crippen LogP contribution in [0, 0.1) is 11.5 Å². The molecule has 4 N–H and O–H groups in total. The third kappa shape index (κ3) is 10.3.